The van der Waals surface area contributed by atoms with E-state index in [-0.39, 0.29) is 30.8 Å². The fourth-order valence-electron chi connectivity index (χ4n) is 2.31. The zero-order chi connectivity index (χ0) is 19.7. The third-order valence-corrected chi connectivity index (χ3v) is 4.46. The van der Waals surface area contributed by atoms with Crippen LogP contribution in [-0.4, -0.2) is 44.1 Å². The Morgan fingerprint density at radius 1 is 1.31 bits per heavy atom. The molecule has 2 amide bonds. The number of hydrogen-bond acceptors (Lipinski definition) is 4. The Balaban J connectivity index is 2.62. The summed E-state index contributed by atoms with van der Waals surface area (Å²) >= 11 is 0. The smallest absolute Gasteiger partial charge is 0.279 e. The lowest BCUT2D eigenvalue weighted by Crippen LogP contribution is -3.14. The summed E-state index contributed by atoms with van der Waals surface area (Å²) in [5.41, 5.74) is -0.273. The van der Waals surface area contributed by atoms with Crippen LogP contribution >= 0.6 is 0 Å². The fraction of sp³-hybridized carbons (Fsp3) is 0.526. The number of carbonyl (C=O) groups is 2. The summed E-state index contributed by atoms with van der Waals surface area (Å²) in [5, 5.41) is 14.9. The molecule has 0 aliphatic heterocycles. The molecule has 26 heavy (non-hydrogen) atoms. The van der Waals surface area contributed by atoms with Crippen LogP contribution in [0.2, 0.25) is 0 Å². The highest BCUT2D eigenvalue weighted by atomic mass is 16.5. The Morgan fingerprint density at radius 2 is 1.96 bits per heavy atom. The molecule has 7 nitrogen and oxygen atoms in total. The van der Waals surface area contributed by atoms with Gasteiger partial charge in [0.2, 0.25) is 0 Å². The maximum absolute atomic E-state index is 12.3. The van der Waals surface area contributed by atoms with E-state index in [9.17, 15) is 14.9 Å². The van der Waals surface area contributed by atoms with Crippen molar-refractivity contribution in [2.24, 2.45) is 5.92 Å². The number of carbonyl (C=O) groups excluding carboxylic acids is 2. The van der Waals surface area contributed by atoms with Crippen LogP contribution in [0.1, 0.15) is 27.7 Å². The average Bonchev–Trinajstić information content (AvgIpc) is 2.60. The summed E-state index contributed by atoms with van der Waals surface area (Å²) in [5.74, 6) is 0.216. The first-order valence-electron chi connectivity index (χ1n) is 8.73. The Hall–Kier alpha value is -2.59. The molecule has 0 saturated carbocycles. The number of rotatable bonds is 9. The van der Waals surface area contributed by atoms with Gasteiger partial charge >= 0.3 is 0 Å². The SMILES string of the molecule is CC[NH+](CC(=O)Nc1cccc(OC)c1)CC(=O)N[C@](C)(C#N)C(C)C. The van der Waals surface area contributed by atoms with Gasteiger partial charge in [0.25, 0.3) is 11.8 Å². The maximum atomic E-state index is 12.3. The number of nitrogens with one attached hydrogen (secondary N) is 3. The minimum absolute atomic E-state index is 0.0158. The molecule has 0 bridgehead atoms. The molecular weight excluding hydrogens is 332 g/mol. The van der Waals surface area contributed by atoms with Crippen LogP contribution in [0.25, 0.3) is 0 Å². The van der Waals surface area contributed by atoms with Gasteiger partial charge in [-0.15, -0.1) is 0 Å². The number of nitriles is 1. The van der Waals surface area contributed by atoms with E-state index in [1.807, 2.05) is 20.8 Å². The molecule has 0 aliphatic rings. The van der Waals surface area contributed by atoms with Gasteiger partial charge in [-0.3, -0.25) is 9.59 Å². The van der Waals surface area contributed by atoms with Crippen molar-refractivity contribution in [1.29, 1.82) is 5.26 Å². The summed E-state index contributed by atoms with van der Waals surface area (Å²) in [6.07, 6.45) is 0. The number of quaternary nitrogens is 1. The number of anilines is 1. The molecule has 0 fully saturated rings. The van der Waals surface area contributed by atoms with Gasteiger partial charge in [0.1, 0.15) is 11.3 Å². The highest BCUT2D eigenvalue weighted by Gasteiger charge is 2.31. The Labute approximate surface area is 155 Å². The largest absolute Gasteiger partial charge is 0.497 e. The van der Waals surface area contributed by atoms with Crippen molar-refractivity contribution in [3.8, 4) is 11.8 Å². The molecule has 142 valence electrons. The molecule has 1 unspecified atom stereocenters. The van der Waals surface area contributed by atoms with Crippen LogP contribution in [0.4, 0.5) is 5.69 Å². The van der Waals surface area contributed by atoms with Crippen LogP contribution in [0.3, 0.4) is 0 Å². The van der Waals surface area contributed by atoms with Crippen molar-refractivity contribution in [2.75, 3.05) is 32.1 Å². The first-order valence-corrected chi connectivity index (χ1v) is 8.73. The van der Waals surface area contributed by atoms with Crippen LogP contribution in [-0.2, 0) is 9.59 Å². The van der Waals surface area contributed by atoms with Gasteiger partial charge in [-0.1, -0.05) is 19.9 Å². The molecule has 1 aromatic rings. The minimum atomic E-state index is -0.918. The predicted molar refractivity (Wildman–Crippen MR) is 99.9 cm³/mol. The fourth-order valence-corrected chi connectivity index (χ4v) is 2.31. The third-order valence-electron chi connectivity index (χ3n) is 4.46. The molecule has 0 heterocycles. The van der Waals surface area contributed by atoms with Gasteiger partial charge in [-0.05, 0) is 31.9 Å². The number of nitrogens with zero attached hydrogens (tertiary/aromatic N) is 1. The zero-order valence-corrected chi connectivity index (χ0v) is 16.2. The lowest BCUT2D eigenvalue weighted by Gasteiger charge is -2.28. The van der Waals surface area contributed by atoms with Crippen molar-refractivity contribution >= 4 is 17.5 Å². The molecule has 7 heteroatoms. The molecule has 0 aliphatic carbocycles. The predicted octanol–water partition coefficient (Wildman–Crippen LogP) is 0.593. The van der Waals surface area contributed by atoms with E-state index in [0.717, 1.165) is 4.90 Å². The number of likely N-dealkylation sites (N-methyl/N-ethyl adjacent to an activating group) is 1. The lowest BCUT2D eigenvalue weighted by atomic mass is 9.90. The van der Waals surface area contributed by atoms with Crippen molar-refractivity contribution in [1.82, 2.24) is 5.32 Å². The van der Waals surface area contributed by atoms with Gasteiger partial charge in [-0.2, -0.15) is 5.26 Å². The molecule has 1 rings (SSSR count). The van der Waals surface area contributed by atoms with Crippen LogP contribution in [0.5, 0.6) is 5.75 Å². The van der Waals surface area contributed by atoms with Crippen molar-refractivity contribution < 1.29 is 19.2 Å². The molecule has 3 N–H and O–H groups in total. The van der Waals surface area contributed by atoms with Crippen LogP contribution < -0.4 is 20.3 Å². The first-order chi connectivity index (χ1) is 12.2. The number of amides is 2. The highest BCUT2D eigenvalue weighted by molar-refractivity contribution is 5.91. The van der Waals surface area contributed by atoms with Gasteiger partial charge in [0.05, 0.1) is 19.7 Å². The van der Waals surface area contributed by atoms with Gasteiger partial charge < -0.3 is 20.3 Å². The average molecular weight is 361 g/mol. The van der Waals surface area contributed by atoms with E-state index < -0.39 is 5.54 Å². The number of methoxy groups -OCH3 is 1. The topological polar surface area (TPSA) is 95.7 Å². The van der Waals surface area contributed by atoms with E-state index in [4.69, 9.17) is 4.74 Å². The van der Waals surface area contributed by atoms with Crippen LogP contribution in [0, 0.1) is 17.2 Å². The molecule has 2 atom stereocenters. The van der Waals surface area contributed by atoms with Gasteiger partial charge in [-0.25, -0.2) is 0 Å². The van der Waals surface area contributed by atoms with E-state index in [1.54, 1.807) is 38.3 Å². The minimum Gasteiger partial charge on any atom is -0.497 e. The Bertz CT molecular complexity index is 669. The molecule has 0 radical (unpaired) electrons. The summed E-state index contributed by atoms with van der Waals surface area (Å²) in [4.78, 5) is 25.4. The highest BCUT2D eigenvalue weighted by Crippen LogP contribution is 2.16. The molecule has 1 aromatic carbocycles. The van der Waals surface area contributed by atoms with Crippen molar-refractivity contribution in [2.45, 2.75) is 33.2 Å². The van der Waals surface area contributed by atoms with Gasteiger partial charge in [0, 0.05) is 11.8 Å². The number of ether oxygens (including phenoxy) is 1. The van der Waals surface area contributed by atoms with Crippen molar-refractivity contribution in [3.63, 3.8) is 0 Å². The summed E-state index contributed by atoms with van der Waals surface area (Å²) in [7, 11) is 1.56. The Kier molecular flexibility index (Phi) is 8.07. The standard InChI is InChI=1S/C19H28N4O3/c1-6-23(12-18(25)22-19(4,13-20)14(2)3)11-17(24)21-15-8-7-9-16(10-15)26-5/h7-10,14H,6,11-12H2,1-5H3,(H,21,24)(H,22,25)/p+1/t19-/m1/s1. The maximum Gasteiger partial charge on any atom is 0.279 e. The Morgan fingerprint density at radius 3 is 2.50 bits per heavy atom. The normalized spacial score (nSPS) is 14.0. The first kappa shape index (κ1) is 21.5. The van der Waals surface area contributed by atoms with Gasteiger partial charge in [0.15, 0.2) is 13.1 Å². The van der Waals surface area contributed by atoms with Crippen LogP contribution in [0.15, 0.2) is 24.3 Å². The number of benzene rings is 1. The molecule has 0 saturated heterocycles. The summed E-state index contributed by atoms with van der Waals surface area (Å²) < 4.78 is 5.13. The van der Waals surface area contributed by atoms with Crippen molar-refractivity contribution in [3.05, 3.63) is 24.3 Å². The second kappa shape index (κ2) is 9.78. The number of hydrogen-bond donors (Lipinski definition) is 3. The van der Waals surface area contributed by atoms with E-state index in [0.29, 0.717) is 18.0 Å². The quantitative estimate of drug-likeness (QED) is 0.600. The second-order valence-corrected chi connectivity index (χ2v) is 6.75. The lowest BCUT2D eigenvalue weighted by molar-refractivity contribution is -0.881. The molecular formula is C19H29N4O3+. The van der Waals surface area contributed by atoms with E-state index in [2.05, 4.69) is 16.7 Å². The monoisotopic (exact) mass is 361 g/mol. The van der Waals surface area contributed by atoms with E-state index in [1.165, 1.54) is 0 Å². The molecule has 0 aromatic heterocycles. The molecule has 0 spiro atoms. The zero-order valence-electron chi connectivity index (χ0n) is 16.2. The second-order valence-electron chi connectivity index (χ2n) is 6.75. The summed E-state index contributed by atoms with van der Waals surface area (Å²) in [6.45, 7) is 8.29. The van der Waals surface area contributed by atoms with E-state index >= 15 is 0 Å². The summed E-state index contributed by atoms with van der Waals surface area (Å²) in [6, 6.07) is 9.25. The third kappa shape index (κ3) is 6.37.